The predicted molar refractivity (Wildman–Crippen MR) is 130 cm³/mol. The zero-order valence-electron chi connectivity index (χ0n) is 19.3. The third-order valence-corrected chi connectivity index (χ3v) is 10.3. The number of thiazole rings is 1. The van der Waals surface area contributed by atoms with Crippen LogP contribution in [0.2, 0.25) is 4.34 Å². The molecule has 190 valence electrons. The number of piperidine rings is 1. The van der Waals surface area contributed by atoms with Crippen molar-refractivity contribution >= 4 is 49.9 Å². The van der Waals surface area contributed by atoms with Crippen LogP contribution in [0.15, 0.2) is 6.20 Å². The van der Waals surface area contributed by atoms with Gasteiger partial charge in [0.1, 0.15) is 10.4 Å². The molecule has 0 bridgehead atoms. The van der Waals surface area contributed by atoms with Crippen LogP contribution >= 0.6 is 22.9 Å². The van der Waals surface area contributed by atoms with Gasteiger partial charge in [0.05, 0.1) is 18.0 Å². The molecule has 10 nitrogen and oxygen atoms in total. The van der Waals surface area contributed by atoms with Gasteiger partial charge in [-0.1, -0.05) is 22.9 Å². The summed E-state index contributed by atoms with van der Waals surface area (Å²) in [4.78, 5) is 34.2. The fraction of sp³-hybridized carbons (Fsp3) is 0.762. The lowest BCUT2D eigenvalue weighted by molar-refractivity contribution is -0.142. The first kappa shape index (κ1) is 25.8. The SMILES string of the molecule is CN1CCC(S(=O)(=O)N2CCN([C@@H](CC3CCOCC3)C(=O)Nc3ncc(Cl)s3)C(=O)C2)CC1. The van der Waals surface area contributed by atoms with Gasteiger partial charge in [-0.25, -0.2) is 13.4 Å². The fourth-order valence-electron chi connectivity index (χ4n) is 4.88. The molecule has 13 heteroatoms. The van der Waals surface area contributed by atoms with Gasteiger partial charge in [0, 0.05) is 26.3 Å². The fourth-order valence-corrected chi connectivity index (χ4v) is 7.55. The van der Waals surface area contributed by atoms with Crippen molar-refractivity contribution in [1.29, 1.82) is 0 Å². The van der Waals surface area contributed by atoms with Crippen LogP contribution in [0, 0.1) is 5.92 Å². The Hall–Kier alpha value is -1.31. The number of halogens is 1. The quantitative estimate of drug-likeness (QED) is 0.565. The number of anilines is 1. The number of piperazine rings is 1. The molecular formula is C21H32ClN5O5S2. The summed E-state index contributed by atoms with van der Waals surface area (Å²) in [5.41, 5.74) is 0. The van der Waals surface area contributed by atoms with Crippen LogP contribution in [0.3, 0.4) is 0 Å². The highest BCUT2D eigenvalue weighted by Gasteiger charge is 2.41. The predicted octanol–water partition coefficient (Wildman–Crippen LogP) is 1.49. The highest BCUT2D eigenvalue weighted by molar-refractivity contribution is 7.89. The number of hydrogen-bond acceptors (Lipinski definition) is 8. The molecule has 0 unspecified atom stereocenters. The second-order valence-corrected chi connectivity index (χ2v) is 13.1. The van der Waals surface area contributed by atoms with Gasteiger partial charge in [-0.2, -0.15) is 4.31 Å². The standard InChI is InChI=1S/C21H32ClN5O5S2/c1-25-6-2-16(3-7-25)34(30,31)26-8-9-27(19(28)14-26)17(12-15-4-10-32-11-5-15)20(29)24-21-23-13-18(22)33-21/h13,15-17H,2-12,14H2,1H3,(H,23,24,29)/t17-/m0/s1. The van der Waals surface area contributed by atoms with E-state index in [4.69, 9.17) is 16.3 Å². The van der Waals surface area contributed by atoms with Crippen molar-refractivity contribution in [1.82, 2.24) is 19.1 Å². The number of hydrogen-bond donors (Lipinski definition) is 1. The molecule has 1 N–H and O–H groups in total. The van der Waals surface area contributed by atoms with E-state index in [9.17, 15) is 18.0 Å². The molecule has 4 heterocycles. The maximum Gasteiger partial charge on any atom is 0.248 e. The Balaban J connectivity index is 1.45. The summed E-state index contributed by atoms with van der Waals surface area (Å²) in [6.07, 6.45) is 4.75. The number of amides is 2. The van der Waals surface area contributed by atoms with E-state index >= 15 is 0 Å². The zero-order valence-corrected chi connectivity index (χ0v) is 21.7. The summed E-state index contributed by atoms with van der Waals surface area (Å²) in [6.45, 7) is 2.88. The highest BCUT2D eigenvalue weighted by atomic mass is 35.5. The third kappa shape index (κ3) is 6.08. The number of ether oxygens (including phenoxy) is 1. The average Bonchev–Trinajstić information content (AvgIpc) is 3.23. The number of carbonyl (C=O) groups excluding carboxylic acids is 2. The lowest BCUT2D eigenvalue weighted by atomic mass is 9.91. The molecule has 1 aromatic heterocycles. The first-order chi connectivity index (χ1) is 16.2. The molecule has 3 aliphatic heterocycles. The first-order valence-electron chi connectivity index (χ1n) is 11.7. The Morgan fingerprint density at radius 1 is 1.24 bits per heavy atom. The minimum atomic E-state index is -3.56. The normalized spacial score (nSPS) is 23.2. The summed E-state index contributed by atoms with van der Waals surface area (Å²) >= 11 is 7.10. The van der Waals surface area contributed by atoms with Crippen LogP contribution < -0.4 is 5.32 Å². The monoisotopic (exact) mass is 533 g/mol. The van der Waals surface area contributed by atoms with Gasteiger partial charge in [0.2, 0.25) is 21.8 Å². The molecule has 3 fully saturated rings. The number of aromatic nitrogens is 1. The lowest BCUT2D eigenvalue weighted by Gasteiger charge is -2.40. The second kappa shape index (κ2) is 11.2. The molecule has 34 heavy (non-hydrogen) atoms. The highest BCUT2D eigenvalue weighted by Crippen LogP contribution is 2.28. The van der Waals surface area contributed by atoms with Crippen LogP contribution in [-0.2, 0) is 24.3 Å². The molecule has 0 spiro atoms. The summed E-state index contributed by atoms with van der Waals surface area (Å²) in [6, 6.07) is -0.702. The van der Waals surface area contributed by atoms with Crippen LogP contribution in [0.4, 0.5) is 5.13 Å². The van der Waals surface area contributed by atoms with Crippen LogP contribution in [0.5, 0.6) is 0 Å². The topological polar surface area (TPSA) is 112 Å². The minimum absolute atomic E-state index is 0.185. The number of nitrogens with one attached hydrogen (secondary N) is 1. The molecule has 4 rings (SSSR count). The van der Waals surface area contributed by atoms with E-state index in [1.165, 1.54) is 10.5 Å². The third-order valence-electron chi connectivity index (χ3n) is 6.95. The van der Waals surface area contributed by atoms with E-state index in [-0.39, 0.29) is 37.4 Å². The lowest BCUT2D eigenvalue weighted by Crippen LogP contribution is -2.59. The van der Waals surface area contributed by atoms with Crippen molar-refractivity contribution in [2.45, 2.75) is 43.4 Å². The molecule has 2 amide bonds. The summed E-state index contributed by atoms with van der Waals surface area (Å²) in [5.74, 6) is -0.414. The summed E-state index contributed by atoms with van der Waals surface area (Å²) < 4.78 is 33.6. The maximum absolute atomic E-state index is 13.2. The van der Waals surface area contributed by atoms with Gasteiger partial charge < -0.3 is 19.9 Å². The molecular weight excluding hydrogens is 502 g/mol. The first-order valence-corrected chi connectivity index (χ1v) is 14.4. The smallest absolute Gasteiger partial charge is 0.248 e. The van der Waals surface area contributed by atoms with Gasteiger partial charge in [-0.15, -0.1) is 0 Å². The number of rotatable bonds is 7. The van der Waals surface area contributed by atoms with Crippen molar-refractivity contribution in [2.75, 3.05) is 58.3 Å². The van der Waals surface area contributed by atoms with Crippen molar-refractivity contribution in [3.8, 4) is 0 Å². The summed E-state index contributed by atoms with van der Waals surface area (Å²) in [5, 5.41) is 2.71. The maximum atomic E-state index is 13.2. The molecule has 3 aliphatic rings. The van der Waals surface area contributed by atoms with E-state index in [1.54, 1.807) is 4.90 Å². The molecule has 3 saturated heterocycles. The van der Waals surface area contributed by atoms with Crippen molar-refractivity contribution < 1.29 is 22.7 Å². The van der Waals surface area contributed by atoms with Gasteiger partial charge >= 0.3 is 0 Å². The molecule has 1 aromatic rings. The number of carbonyl (C=O) groups is 2. The second-order valence-electron chi connectivity index (χ2n) is 9.23. The van der Waals surface area contributed by atoms with Crippen LogP contribution in [0.25, 0.3) is 0 Å². The number of likely N-dealkylation sites (tertiary alicyclic amines) is 1. The van der Waals surface area contributed by atoms with E-state index < -0.39 is 21.3 Å². The molecule has 1 atom stereocenters. The van der Waals surface area contributed by atoms with Gasteiger partial charge in [0.25, 0.3) is 0 Å². The van der Waals surface area contributed by atoms with Crippen molar-refractivity contribution in [3.05, 3.63) is 10.5 Å². The molecule has 0 aliphatic carbocycles. The summed E-state index contributed by atoms with van der Waals surface area (Å²) in [7, 11) is -1.58. The number of nitrogens with zero attached hydrogens (tertiary/aromatic N) is 4. The molecule has 0 radical (unpaired) electrons. The van der Waals surface area contributed by atoms with Crippen molar-refractivity contribution in [2.24, 2.45) is 5.92 Å². The number of sulfonamides is 1. The van der Waals surface area contributed by atoms with Gasteiger partial charge in [-0.05, 0) is 58.2 Å². The Morgan fingerprint density at radius 2 is 1.94 bits per heavy atom. The Labute approximate surface area is 209 Å². The molecule has 0 aromatic carbocycles. The largest absolute Gasteiger partial charge is 0.381 e. The van der Waals surface area contributed by atoms with E-state index in [0.29, 0.717) is 41.9 Å². The van der Waals surface area contributed by atoms with Gasteiger partial charge in [-0.3, -0.25) is 9.59 Å². The van der Waals surface area contributed by atoms with E-state index in [0.717, 1.165) is 37.3 Å². The van der Waals surface area contributed by atoms with Crippen molar-refractivity contribution in [3.63, 3.8) is 0 Å². The van der Waals surface area contributed by atoms with Gasteiger partial charge in [0.15, 0.2) is 5.13 Å². The minimum Gasteiger partial charge on any atom is -0.381 e. The Bertz CT molecular complexity index is 976. The van der Waals surface area contributed by atoms with Crippen LogP contribution in [-0.4, -0.2) is 104 Å². The Morgan fingerprint density at radius 3 is 2.56 bits per heavy atom. The van der Waals surface area contributed by atoms with E-state index in [1.807, 2.05) is 7.05 Å². The van der Waals surface area contributed by atoms with Crippen LogP contribution in [0.1, 0.15) is 32.1 Å². The van der Waals surface area contributed by atoms with E-state index in [2.05, 4.69) is 15.2 Å². The Kier molecular flexibility index (Phi) is 8.47. The average molecular weight is 534 g/mol. The molecule has 0 saturated carbocycles. The zero-order chi connectivity index (χ0) is 24.3.